The van der Waals surface area contributed by atoms with E-state index in [0.29, 0.717) is 0 Å². The predicted octanol–water partition coefficient (Wildman–Crippen LogP) is -0.755. The lowest BCUT2D eigenvalue weighted by atomic mass is 10.0. The third-order valence-electron chi connectivity index (χ3n) is 2.63. The van der Waals surface area contributed by atoms with Gasteiger partial charge in [-0.3, -0.25) is 14.4 Å². The zero-order chi connectivity index (χ0) is 17.1. The first-order valence-corrected chi connectivity index (χ1v) is 6.04. The number of aliphatic hydroxyl groups excluding tert-OH is 1. The monoisotopic (exact) mass is 329 g/mol. The third-order valence-corrected chi connectivity index (χ3v) is 2.63. The van der Waals surface area contributed by atoms with Crippen molar-refractivity contribution in [3.8, 4) is 0 Å². The van der Waals surface area contributed by atoms with Crippen molar-refractivity contribution in [2.75, 3.05) is 6.61 Å². The Kier molecular flexibility index (Phi) is 5.72. The average molecular weight is 329 g/mol. The molecule has 0 saturated carbocycles. The minimum Gasteiger partial charge on any atom is -0.456 e. The number of ether oxygens (including phenoxy) is 3. The van der Waals surface area contributed by atoms with Crippen molar-refractivity contribution in [3.05, 3.63) is 0 Å². The fraction of sp³-hybridized carbons (Fsp3) is 0.727. The minimum atomic E-state index is -5.16. The molecular formula is C11H14F3NO7. The van der Waals surface area contributed by atoms with Crippen LogP contribution in [0.2, 0.25) is 0 Å². The molecule has 0 radical (unpaired) electrons. The van der Waals surface area contributed by atoms with Crippen LogP contribution in [0.1, 0.15) is 13.8 Å². The van der Waals surface area contributed by atoms with E-state index in [1.165, 1.54) is 0 Å². The van der Waals surface area contributed by atoms with Gasteiger partial charge in [-0.1, -0.05) is 0 Å². The topological polar surface area (TPSA) is 111 Å². The van der Waals surface area contributed by atoms with Crippen LogP contribution in [0.5, 0.6) is 0 Å². The third kappa shape index (κ3) is 4.84. The zero-order valence-electron chi connectivity index (χ0n) is 11.5. The SMILES string of the molecule is CC(=O)O[C@@H]1[C@@H](OC(C)=O)[C@@H](O)OC[C@H]1NC(=O)C(F)(F)F. The summed E-state index contributed by atoms with van der Waals surface area (Å²) in [6.45, 7) is 1.38. The summed E-state index contributed by atoms with van der Waals surface area (Å²) in [4.78, 5) is 33.0. The summed E-state index contributed by atoms with van der Waals surface area (Å²) in [5.74, 6) is -4.06. The van der Waals surface area contributed by atoms with Crippen molar-refractivity contribution in [1.29, 1.82) is 0 Å². The molecular weight excluding hydrogens is 315 g/mol. The Hall–Kier alpha value is -1.88. The molecule has 1 aliphatic rings. The second-order valence-electron chi connectivity index (χ2n) is 4.45. The molecule has 0 aromatic carbocycles. The number of carbonyl (C=O) groups is 3. The number of amides is 1. The van der Waals surface area contributed by atoms with Crippen LogP contribution in [0.3, 0.4) is 0 Å². The molecule has 8 nitrogen and oxygen atoms in total. The maximum atomic E-state index is 12.3. The maximum absolute atomic E-state index is 12.3. The van der Waals surface area contributed by atoms with Gasteiger partial charge in [-0.15, -0.1) is 0 Å². The van der Waals surface area contributed by atoms with E-state index in [4.69, 9.17) is 14.2 Å². The number of aliphatic hydroxyl groups is 1. The molecule has 0 aromatic rings. The van der Waals surface area contributed by atoms with Crippen molar-refractivity contribution in [2.45, 2.75) is 44.6 Å². The Morgan fingerprint density at radius 1 is 1.14 bits per heavy atom. The molecule has 0 bridgehead atoms. The van der Waals surface area contributed by atoms with E-state index < -0.39 is 55.2 Å². The van der Waals surface area contributed by atoms with E-state index in [-0.39, 0.29) is 0 Å². The zero-order valence-corrected chi connectivity index (χ0v) is 11.5. The van der Waals surface area contributed by atoms with Crippen molar-refractivity contribution < 1.29 is 46.9 Å². The number of hydrogen-bond donors (Lipinski definition) is 2. The highest BCUT2D eigenvalue weighted by Crippen LogP contribution is 2.22. The van der Waals surface area contributed by atoms with E-state index in [1.807, 2.05) is 0 Å². The van der Waals surface area contributed by atoms with Crippen LogP contribution >= 0.6 is 0 Å². The molecule has 0 spiro atoms. The number of halogens is 3. The molecule has 126 valence electrons. The van der Waals surface area contributed by atoms with Crippen molar-refractivity contribution in [1.82, 2.24) is 5.32 Å². The van der Waals surface area contributed by atoms with Crippen LogP contribution in [0.25, 0.3) is 0 Å². The van der Waals surface area contributed by atoms with Crippen LogP contribution in [0.15, 0.2) is 0 Å². The first-order valence-electron chi connectivity index (χ1n) is 6.04. The quantitative estimate of drug-likeness (QED) is 0.655. The number of carbonyl (C=O) groups excluding carboxylic acids is 3. The summed E-state index contributed by atoms with van der Waals surface area (Å²) < 4.78 is 51.0. The molecule has 1 amide bonds. The lowest BCUT2D eigenvalue weighted by Gasteiger charge is -2.39. The molecule has 1 rings (SSSR count). The Balaban J connectivity index is 2.95. The Morgan fingerprint density at radius 3 is 2.09 bits per heavy atom. The lowest BCUT2D eigenvalue weighted by molar-refractivity contribution is -0.246. The summed E-state index contributed by atoms with van der Waals surface area (Å²) in [6.07, 6.45) is -9.98. The van der Waals surface area contributed by atoms with Gasteiger partial charge >= 0.3 is 24.0 Å². The molecule has 1 heterocycles. The Labute approximate surface area is 122 Å². The van der Waals surface area contributed by atoms with Gasteiger partial charge in [0.05, 0.1) is 12.6 Å². The number of hydrogen-bond acceptors (Lipinski definition) is 7. The number of alkyl halides is 3. The summed E-state index contributed by atoms with van der Waals surface area (Å²) in [5, 5.41) is 11.2. The standard InChI is InChI=1S/C11H14F3NO7/c1-4(16)21-7-6(15-10(19)11(12,13)14)3-20-9(18)8(7)22-5(2)17/h6-9,18H,3H2,1-2H3,(H,15,19)/t6-,7+,8-,9+/m1/s1. The average Bonchev–Trinajstić information content (AvgIpc) is 2.34. The highest BCUT2D eigenvalue weighted by molar-refractivity contribution is 5.82. The number of esters is 2. The van der Waals surface area contributed by atoms with Crippen LogP contribution in [0, 0.1) is 0 Å². The van der Waals surface area contributed by atoms with Crippen LogP contribution in [0.4, 0.5) is 13.2 Å². The number of nitrogens with one attached hydrogen (secondary N) is 1. The first kappa shape index (κ1) is 18.2. The molecule has 1 fully saturated rings. The van der Waals surface area contributed by atoms with Gasteiger partial charge in [0, 0.05) is 13.8 Å². The van der Waals surface area contributed by atoms with E-state index in [0.717, 1.165) is 13.8 Å². The summed E-state index contributed by atoms with van der Waals surface area (Å²) in [7, 11) is 0. The fourth-order valence-electron chi connectivity index (χ4n) is 1.81. The van der Waals surface area contributed by atoms with Gasteiger partial charge in [0.1, 0.15) is 0 Å². The molecule has 4 atom stereocenters. The first-order chi connectivity index (χ1) is 10.0. The van der Waals surface area contributed by atoms with Gasteiger partial charge < -0.3 is 24.6 Å². The van der Waals surface area contributed by atoms with E-state index in [2.05, 4.69) is 0 Å². The van der Waals surface area contributed by atoms with Crippen molar-refractivity contribution in [3.63, 3.8) is 0 Å². The predicted molar refractivity (Wildman–Crippen MR) is 61.1 cm³/mol. The summed E-state index contributed by atoms with van der Waals surface area (Å²) in [5.41, 5.74) is 0. The Bertz CT molecular complexity index is 453. The number of rotatable bonds is 3. The second kappa shape index (κ2) is 6.92. The minimum absolute atomic E-state index is 0.571. The Morgan fingerprint density at radius 2 is 1.64 bits per heavy atom. The molecule has 22 heavy (non-hydrogen) atoms. The maximum Gasteiger partial charge on any atom is 0.471 e. The second-order valence-corrected chi connectivity index (χ2v) is 4.45. The van der Waals surface area contributed by atoms with Crippen LogP contribution in [-0.2, 0) is 28.6 Å². The van der Waals surface area contributed by atoms with Crippen LogP contribution in [-0.4, -0.2) is 60.3 Å². The van der Waals surface area contributed by atoms with Gasteiger partial charge in [0.2, 0.25) is 0 Å². The van der Waals surface area contributed by atoms with Gasteiger partial charge in [-0.25, -0.2) is 0 Å². The van der Waals surface area contributed by atoms with Gasteiger partial charge in [0.25, 0.3) is 0 Å². The molecule has 1 aliphatic heterocycles. The van der Waals surface area contributed by atoms with Crippen molar-refractivity contribution >= 4 is 17.8 Å². The van der Waals surface area contributed by atoms with Gasteiger partial charge in [-0.05, 0) is 0 Å². The molecule has 0 aliphatic carbocycles. The van der Waals surface area contributed by atoms with Crippen LogP contribution < -0.4 is 5.32 Å². The van der Waals surface area contributed by atoms with Gasteiger partial charge in [0.15, 0.2) is 18.5 Å². The van der Waals surface area contributed by atoms with E-state index in [9.17, 15) is 32.7 Å². The smallest absolute Gasteiger partial charge is 0.456 e. The highest BCUT2D eigenvalue weighted by atomic mass is 19.4. The molecule has 11 heteroatoms. The molecule has 0 unspecified atom stereocenters. The summed E-state index contributed by atoms with van der Waals surface area (Å²) >= 11 is 0. The molecule has 0 aromatic heterocycles. The van der Waals surface area contributed by atoms with Gasteiger partial charge in [-0.2, -0.15) is 13.2 Å². The van der Waals surface area contributed by atoms with Crippen molar-refractivity contribution in [2.24, 2.45) is 0 Å². The lowest BCUT2D eigenvalue weighted by Crippen LogP contribution is -2.62. The van der Waals surface area contributed by atoms with E-state index >= 15 is 0 Å². The largest absolute Gasteiger partial charge is 0.471 e. The molecule has 1 saturated heterocycles. The highest BCUT2D eigenvalue weighted by Gasteiger charge is 2.48. The fourth-order valence-corrected chi connectivity index (χ4v) is 1.81. The normalized spacial score (nSPS) is 28.6. The molecule has 2 N–H and O–H groups in total. The summed E-state index contributed by atoms with van der Waals surface area (Å²) in [6, 6.07) is -1.45. The van der Waals surface area contributed by atoms with E-state index in [1.54, 1.807) is 5.32 Å².